The first-order valence-corrected chi connectivity index (χ1v) is 12.2. The molecule has 0 spiro atoms. The van der Waals surface area contributed by atoms with Crippen LogP contribution in [-0.2, 0) is 13.0 Å². The molecule has 1 N–H and O–H groups in total. The maximum Gasteiger partial charge on any atom is 0.330 e. The van der Waals surface area contributed by atoms with Crippen molar-refractivity contribution in [2.45, 2.75) is 59.5 Å². The van der Waals surface area contributed by atoms with Crippen LogP contribution in [0.4, 0.5) is 0 Å². The Kier molecular flexibility index (Phi) is 7.32. The second-order valence-corrected chi connectivity index (χ2v) is 9.50. The minimum absolute atomic E-state index is 0.0374. The molecule has 178 valence electrons. The summed E-state index contributed by atoms with van der Waals surface area (Å²) in [7, 11) is 0. The second kappa shape index (κ2) is 10.4. The zero-order chi connectivity index (χ0) is 24.2. The maximum absolute atomic E-state index is 13.3. The van der Waals surface area contributed by atoms with Crippen molar-refractivity contribution in [3.8, 4) is 22.5 Å². The van der Waals surface area contributed by atoms with Gasteiger partial charge in [0.15, 0.2) is 0 Å². The van der Waals surface area contributed by atoms with Crippen LogP contribution in [0.1, 0.15) is 57.8 Å². The molecule has 4 rings (SSSR count). The summed E-state index contributed by atoms with van der Waals surface area (Å²) >= 11 is 6.75. The number of halogens is 1. The third-order valence-electron chi connectivity index (χ3n) is 6.32. The molecule has 0 saturated heterocycles. The normalized spacial score (nSPS) is 12.4. The van der Waals surface area contributed by atoms with Gasteiger partial charge in [0.2, 0.25) is 5.82 Å². The topological polar surface area (TPSA) is 81.4 Å². The van der Waals surface area contributed by atoms with E-state index in [1.165, 1.54) is 0 Å². The number of tetrazole rings is 1. The highest BCUT2D eigenvalue weighted by Crippen LogP contribution is 2.30. The number of rotatable bonds is 9. The van der Waals surface area contributed by atoms with Gasteiger partial charge in [-0.25, -0.2) is 4.79 Å². The fourth-order valence-electron chi connectivity index (χ4n) is 4.15. The summed E-state index contributed by atoms with van der Waals surface area (Å²) in [5.74, 6) is 1.09. The molecule has 7 nitrogen and oxygen atoms in total. The molecule has 1 atom stereocenters. The zero-order valence-corrected chi connectivity index (χ0v) is 20.9. The lowest BCUT2D eigenvalue weighted by Gasteiger charge is -2.11. The largest absolute Gasteiger partial charge is 0.330 e. The van der Waals surface area contributed by atoms with Crippen molar-refractivity contribution in [3.63, 3.8) is 0 Å². The molecule has 34 heavy (non-hydrogen) atoms. The molecule has 0 aliphatic heterocycles. The molecular formula is C26H31ClN6O. The van der Waals surface area contributed by atoms with E-state index in [0.717, 1.165) is 47.2 Å². The summed E-state index contributed by atoms with van der Waals surface area (Å²) in [6.45, 7) is 8.98. The van der Waals surface area contributed by atoms with Crippen LogP contribution < -0.4 is 5.69 Å². The van der Waals surface area contributed by atoms with Crippen molar-refractivity contribution in [2.24, 2.45) is 5.92 Å². The standard InChI is InChI=1S/C26H31ClN6O/c1-5-18(4)33-24(27)23(15-10-17(2)3)32(26(33)34)16-19-11-13-20(14-12-19)21-8-6-7-9-22(21)25-28-30-31-29-25/h6-9,11-14,17-18H,5,10,15-16H2,1-4H3,(H,28,29,30,31). The number of aromatic amines is 1. The Balaban J connectivity index is 1.67. The molecule has 0 aliphatic carbocycles. The number of hydrogen-bond acceptors (Lipinski definition) is 4. The Bertz CT molecular complexity index is 1290. The molecule has 2 heterocycles. The molecule has 2 aromatic carbocycles. The average molecular weight is 479 g/mol. The number of nitrogens with one attached hydrogen (secondary N) is 1. The van der Waals surface area contributed by atoms with Gasteiger partial charge in [0.1, 0.15) is 5.15 Å². The van der Waals surface area contributed by atoms with Crippen molar-refractivity contribution < 1.29 is 0 Å². The van der Waals surface area contributed by atoms with E-state index < -0.39 is 0 Å². The van der Waals surface area contributed by atoms with Gasteiger partial charge in [-0.2, -0.15) is 5.21 Å². The van der Waals surface area contributed by atoms with Crippen molar-refractivity contribution >= 4 is 11.6 Å². The number of nitrogens with zero attached hydrogens (tertiary/aromatic N) is 5. The van der Waals surface area contributed by atoms with Crippen LogP contribution >= 0.6 is 11.6 Å². The second-order valence-electron chi connectivity index (χ2n) is 9.14. The molecule has 2 aromatic heterocycles. The first kappa shape index (κ1) is 24.0. The van der Waals surface area contributed by atoms with Gasteiger partial charge in [0.05, 0.1) is 12.2 Å². The molecule has 1 unspecified atom stereocenters. The molecule has 0 amide bonds. The van der Waals surface area contributed by atoms with Crippen LogP contribution in [0.15, 0.2) is 53.3 Å². The lowest BCUT2D eigenvalue weighted by molar-refractivity contribution is 0.504. The van der Waals surface area contributed by atoms with E-state index in [2.05, 4.69) is 65.7 Å². The molecule has 0 bridgehead atoms. The summed E-state index contributed by atoms with van der Waals surface area (Å²) < 4.78 is 3.59. The van der Waals surface area contributed by atoms with Gasteiger partial charge in [-0.05, 0) is 54.0 Å². The Morgan fingerprint density at radius 3 is 2.35 bits per heavy atom. The quantitative estimate of drug-likeness (QED) is 0.331. The third-order valence-corrected chi connectivity index (χ3v) is 6.72. The fourth-order valence-corrected chi connectivity index (χ4v) is 4.58. The zero-order valence-electron chi connectivity index (χ0n) is 20.1. The lowest BCUT2D eigenvalue weighted by Crippen LogP contribution is -2.27. The van der Waals surface area contributed by atoms with E-state index in [0.29, 0.717) is 23.4 Å². The van der Waals surface area contributed by atoms with E-state index >= 15 is 0 Å². The molecule has 0 aliphatic rings. The van der Waals surface area contributed by atoms with Crippen molar-refractivity contribution in [1.29, 1.82) is 0 Å². The lowest BCUT2D eigenvalue weighted by atomic mass is 9.98. The van der Waals surface area contributed by atoms with E-state index in [9.17, 15) is 4.79 Å². The first-order valence-electron chi connectivity index (χ1n) is 11.8. The van der Waals surface area contributed by atoms with Gasteiger partial charge >= 0.3 is 5.69 Å². The van der Waals surface area contributed by atoms with Crippen LogP contribution in [0, 0.1) is 5.92 Å². The average Bonchev–Trinajstić information content (AvgIpc) is 3.45. The summed E-state index contributed by atoms with van der Waals surface area (Å²) in [6.07, 6.45) is 2.61. The van der Waals surface area contributed by atoms with E-state index in [1.807, 2.05) is 35.8 Å². The van der Waals surface area contributed by atoms with Gasteiger partial charge in [-0.15, -0.1) is 10.2 Å². The molecule has 8 heteroatoms. The highest BCUT2D eigenvalue weighted by Gasteiger charge is 2.21. The maximum atomic E-state index is 13.3. The summed E-state index contributed by atoms with van der Waals surface area (Å²) in [6, 6.07) is 16.3. The number of hydrogen-bond donors (Lipinski definition) is 1. The van der Waals surface area contributed by atoms with Gasteiger partial charge in [-0.3, -0.25) is 9.13 Å². The monoisotopic (exact) mass is 478 g/mol. The van der Waals surface area contributed by atoms with Crippen LogP contribution in [0.3, 0.4) is 0 Å². The Morgan fingerprint density at radius 2 is 1.74 bits per heavy atom. The van der Waals surface area contributed by atoms with E-state index in [-0.39, 0.29) is 11.7 Å². The number of benzene rings is 2. The van der Waals surface area contributed by atoms with Gasteiger partial charge in [0, 0.05) is 11.6 Å². The summed E-state index contributed by atoms with van der Waals surface area (Å²) in [4.78, 5) is 13.3. The van der Waals surface area contributed by atoms with Crippen LogP contribution in [0.5, 0.6) is 0 Å². The predicted molar refractivity (Wildman–Crippen MR) is 136 cm³/mol. The number of imidazole rings is 1. The minimum Gasteiger partial charge on any atom is -0.290 e. The smallest absolute Gasteiger partial charge is 0.290 e. The number of aromatic nitrogens is 6. The number of H-pyrrole nitrogens is 1. The SMILES string of the molecule is CCC(C)n1c(Cl)c(CCC(C)C)n(Cc2ccc(-c3ccccc3-c3nn[nH]n3)cc2)c1=O. The van der Waals surface area contributed by atoms with Gasteiger partial charge < -0.3 is 0 Å². The van der Waals surface area contributed by atoms with Crippen molar-refractivity contribution in [3.05, 3.63) is 75.4 Å². The van der Waals surface area contributed by atoms with Crippen LogP contribution in [0.2, 0.25) is 5.15 Å². The highest BCUT2D eigenvalue weighted by molar-refractivity contribution is 6.30. The summed E-state index contributed by atoms with van der Waals surface area (Å²) in [5.41, 5.74) is 4.92. The van der Waals surface area contributed by atoms with Crippen molar-refractivity contribution in [1.82, 2.24) is 29.8 Å². The Hall–Kier alpha value is -3.19. The van der Waals surface area contributed by atoms with Crippen LogP contribution in [0.25, 0.3) is 22.5 Å². The fraction of sp³-hybridized carbons (Fsp3) is 0.385. The summed E-state index contributed by atoms with van der Waals surface area (Å²) in [5, 5.41) is 15.0. The molecular weight excluding hydrogens is 448 g/mol. The van der Waals surface area contributed by atoms with Crippen LogP contribution in [-0.4, -0.2) is 29.8 Å². The molecule has 0 saturated carbocycles. The Labute approximate surface area is 204 Å². The predicted octanol–water partition coefficient (Wildman–Crippen LogP) is 5.76. The van der Waals surface area contributed by atoms with Gasteiger partial charge in [-0.1, -0.05) is 80.9 Å². The van der Waals surface area contributed by atoms with E-state index in [4.69, 9.17) is 11.6 Å². The highest BCUT2D eigenvalue weighted by atomic mass is 35.5. The first-order chi connectivity index (χ1) is 16.4. The minimum atomic E-state index is -0.0374. The van der Waals surface area contributed by atoms with Gasteiger partial charge in [0.25, 0.3) is 0 Å². The molecule has 0 radical (unpaired) electrons. The Morgan fingerprint density at radius 1 is 1.03 bits per heavy atom. The van der Waals surface area contributed by atoms with Crippen molar-refractivity contribution in [2.75, 3.05) is 0 Å². The third kappa shape index (κ3) is 4.85. The molecule has 4 aromatic rings. The van der Waals surface area contributed by atoms with E-state index in [1.54, 1.807) is 4.57 Å². The molecule has 0 fully saturated rings.